The highest BCUT2D eigenvalue weighted by molar-refractivity contribution is 7.89. The molecule has 0 bridgehead atoms. The fourth-order valence-electron chi connectivity index (χ4n) is 1.10. The van der Waals surface area contributed by atoms with Gasteiger partial charge in [-0.2, -0.15) is 0 Å². The lowest BCUT2D eigenvalue weighted by Gasteiger charge is -2.04. The lowest BCUT2D eigenvalue weighted by atomic mass is 10.5. The van der Waals surface area contributed by atoms with E-state index in [0.717, 1.165) is 0 Å². The normalized spacial score (nSPS) is 11.6. The quantitative estimate of drug-likeness (QED) is 0.869. The molecule has 0 aliphatic carbocycles. The van der Waals surface area contributed by atoms with Crippen molar-refractivity contribution in [2.24, 2.45) is 0 Å². The average Bonchev–Trinajstić information content (AvgIpc) is 2.80. The van der Waals surface area contributed by atoms with Crippen LogP contribution in [0.15, 0.2) is 34.1 Å². The van der Waals surface area contributed by atoms with Gasteiger partial charge < -0.3 is 0 Å². The molecule has 2 aromatic rings. The Bertz CT molecular complexity index is 581. The minimum Gasteiger partial charge on any atom is -0.248 e. The van der Waals surface area contributed by atoms with Crippen LogP contribution in [0.1, 0.15) is 5.69 Å². The summed E-state index contributed by atoms with van der Waals surface area (Å²) in [6, 6.07) is 2.83. The summed E-state index contributed by atoms with van der Waals surface area (Å²) in [7, 11) is -3.56. The molecule has 5 nitrogen and oxygen atoms in total. The summed E-state index contributed by atoms with van der Waals surface area (Å²) in [5.74, 6) is 0. The summed E-state index contributed by atoms with van der Waals surface area (Å²) in [6.45, 7) is 0.161. The highest BCUT2D eigenvalue weighted by Gasteiger charge is 2.14. The van der Waals surface area contributed by atoms with Crippen molar-refractivity contribution in [1.29, 1.82) is 0 Å². The van der Waals surface area contributed by atoms with Gasteiger partial charge >= 0.3 is 0 Å². The van der Waals surface area contributed by atoms with Crippen LogP contribution in [0.4, 0.5) is 0 Å². The highest BCUT2D eigenvalue weighted by atomic mass is 35.5. The van der Waals surface area contributed by atoms with Gasteiger partial charge in [0.05, 0.1) is 17.7 Å². The van der Waals surface area contributed by atoms with Crippen molar-refractivity contribution in [3.8, 4) is 0 Å². The molecule has 0 aromatic carbocycles. The molecule has 90 valence electrons. The number of hydrogen-bond acceptors (Lipinski definition) is 5. The zero-order chi connectivity index (χ0) is 12.3. The number of halogens is 1. The zero-order valence-electron chi connectivity index (χ0n) is 8.50. The molecule has 8 heteroatoms. The predicted octanol–water partition coefficient (Wildman–Crippen LogP) is 1.67. The van der Waals surface area contributed by atoms with Crippen LogP contribution in [-0.2, 0) is 16.6 Å². The summed E-state index contributed by atoms with van der Waals surface area (Å²) in [6.07, 6.45) is 1.21. The number of nitrogens with zero attached hydrogens (tertiary/aromatic N) is 2. The van der Waals surface area contributed by atoms with E-state index in [1.807, 2.05) is 0 Å². The Morgan fingerprint density at radius 1 is 1.35 bits per heavy atom. The summed E-state index contributed by atoms with van der Waals surface area (Å²) in [4.78, 5) is 7.79. The van der Waals surface area contributed by atoms with Crippen molar-refractivity contribution in [2.45, 2.75) is 11.4 Å². The first-order valence-corrected chi connectivity index (χ1v) is 7.36. The average molecular weight is 290 g/mol. The maximum absolute atomic E-state index is 11.8. The van der Waals surface area contributed by atoms with E-state index in [0.29, 0.717) is 5.69 Å². The smallest absolute Gasteiger partial charge is 0.242 e. The maximum Gasteiger partial charge on any atom is 0.242 e. The third-order valence-corrected chi connectivity index (χ3v) is 4.18. The fraction of sp³-hybridized carbons (Fsp3) is 0.111. The molecule has 0 atom stereocenters. The van der Waals surface area contributed by atoms with Crippen LogP contribution in [0.25, 0.3) is 0 Å². The fourth-order valence-corrected chi connectivity index (χ4v) is 2.71. The van der Waals surface area contributed by atoms with Crippen molar-refractivity contribution in [2.75, 3.05) is 0 Å². The second-order valence-corrected chi connectivity index (χ2v) is 5.99. The highest BCUT2D eigenvalue weighted by Crippen LogP contribution is 2.11. The third kappa shape index (κ3) is 3.22. The van der Waals surface area contributed by atoms with E-state index in [9.17, 15) is 8.42 Å². The van der Waals surface area contributed by atoms with Crippen molar-refractivity contribution in [3.05, 3.63) is 40.1 Å². The van der Waals surface area contributed by atoms with Gasteiger partial charge in [-0.1, -0.05) is 11.6 Å². The van der Waals surface area contributed by atoms with E-state index in [1.54, 1.807) is 10.9 Å². The Morgan fingerprint density at radius 2 is 2.18 bits per heavy atom. The topological polar surface area (TPSA) is 72.0 Å². The number of aromatic nitrogens is 2. The van der Waals surface area contributed by atoms with Gasteiger partial charge in [0.2, 0.25) is 10.0 Å². The second-order valence-electron chi connectivity index (χ2n) is 3.12. The van der Waals surface area contributed by atoms with Gasteiger partial charge in [-0.25, -0.2) is 23.1 Å². The van der Waals surface area contributed by atoms with E-state index in [4.69, 9.17) is 11.6 Å². The van der Waals surface area contributed by atoms with Crippen LogP contribution in [-0.4, -0.2) is 18.4 Å². The minimum atomic E-state index is -3.56. The molecule has 2 rings (SSSR count). The summed E-state index contributed by atoms with van der Waals surface area (Å²) >= 11 is 7.00. The number of nitrogens with one attached hydrogen (secondary N) is 1. The van der Waals surface area contributed by atoms with Crippen LogP contribution in [0.3, 0.4) is 0 Å². The first-order valence-electron chi connectivity index (χ1n) is 4.56. The molecule has 1 N–H and O–H groups in total. The molecule has 2 heterocycles. The van der Waals surface area contributed by atoms with Crippen LogP contribution >= 0.6 is 22.9 Å². The molecule has 0 aliphatic heterocycles. The van der Waals surface area contributed by atoms with Crippen LogP contribution in [0, 0.1) is 0 Å². The molecule has 0 saturated heterocycles. The number of hydrogen-bond donors (Lipinski definition) is 1. The number of thiazole rings is 1. The van der Waals surface area contributed by atoms with Gasteiger partial charge in [-0.05, 0) is 12.1 Å². The molecule has 17 heavy (non-hydrogen) atoms. The van der Waals surface area contributed by atoms with Gasteiger partial charge in [0.25, 0.3) is 0 Å². The molecular formula is C9H8ClN3O2S2. The lowest BCUT2D eigenvalue weighted by molar-refractivity contribution is 0.580. The Morgan fingerprint density at radius 3 is 2.76 bits per heavy atom. The Kier molecular flexibility index (Phi) is 3.72. The summed E-state index contributed by atoms with van der Waals surface area (Å²) in [5.41, 5.74) is 2.33. The molecule has 0 aliphatic rings. The van der Waals surface area contributed by atoms with Crippen LogP contribution in [0.2, 0.25) is 5.15 Å². The van der Waals surface area contributed by atoms with Crippen LogP contribution in [0.5, 0.6) is 0 Å². The van der Waals surface area contributed by atoms with E-state index in [2.05, 4.69) is 14.7 Å². The molecular weight excluding hydrogens is 282 g/mol. The third-order valence-electron chi connectivity index (χ3n) is 1.94. The van der Waals surface area contributed by atoms with Gasteiger partial charge in [0.1, 0.15) is 10.0 Å². The first-order chi connectivity index (χ1) is 8.08. The summed E-state index contributed by atoms with van der Waals surface area (Å²) in [5, 5.41) is 2.03. The van der Waals surface area contributed by atoms with E-state index < -0.39 is 10.0 Å². The van der Waals surface area contributed by atoms with Crippen molar-refractivity contribution in [3.63, 3.8) is 0 Å². The number of rotatable bonds is 4. The molecule has 0 spiro atoms. The molecule has 0 saturated carbocycles. The number of sulfonamides is 1. The van der Waals surface area contributed by atoms with E-state index in [1.165, 1.54) is 29.7 Å². The van der Waals surface area contributed by atoms with Crippen molar-refractivity contribution in [1.82, 2.24) is 14.7 Å². The molecule has 0 fully saturated rings. The minimum absolute atomic E-state index is 0.0807. The molecule has 0 radical (unpaired) electrons. The Labute approximate surface area is 108 Å². The lowest BCUT2D eigenvalue weighted by Crippen LogP contribution is -2.23. The zero-order valence-corrected chi connectivity index (χ0v) is 10.9. The molecule has 0 amide bonds. The maximum atomic E-state index is 11.8. The van der Waals surface area contributed by atoms with Gasteiger partial charge in [-0.15, -0.1) is 11.3 Å². The van der Waals surface area contributed by atoms with E-state index >= 15 is 0 Å². The van der Waals surface area contributed by atoms with E-state index in [-0.39, 0.29) is 16.6 Å². The predicted molar refractivity (Wildman–Crippen MR) is 65.4 cm³/mol. The van der Waals surface area contributed by atoms with Gasteiger partial charge in [-0.3, -0.25) is 0 Å². The Hall–Kier alpha value is -1.02. The van der Waals surface area contributed by atoms with Crippen LogP contribution < -0.4 is 4.72 Å². The standard InChI is InChI=1S/C9H8ClN3O2S2/c10-9-2-1-8(4-11-9)17(14,15)13-3-7-5-16-6-12-7/h1-2,4-6,13H,3H2. The Balaban J connectivity index is 2.11. The number of pyridine rings is 1. The summed E-state index contributed by atoms with van der Waals surface area (Å²) < 4.78 is 26.1. The van der Waals surface area contributed by atoms with Gasteiger partial charge in [0.15, 0.2) is 0 Å². The van der Waals surface area contributed by atoms with Crippen molar-refractivity contribution >= 4 is 33.0 Å². The SMILES string of the molecule is O=S(=O)(NCc1cscn1)c1ccc(Cl)nc1. The second kappa shape index (κ2) is 5.09. The van der Waals surface area contributed by atoms with Crippen molar-refractivity contribution < 1.29 is 8.42 Å². The molecule has 2 aromatic heterocycles. The van der Waals surface area contributed by atoms with Gasteiger partial charge in [0, 0.05) is 11.6 Å². The molecule has 0 unspecified atom stereocenters. The monoisotopic (exact) mass is 289 g/mol. The largest absolute Gasteiger partial charge is 0.248 e. The first kappa shape index (κ1) is 12.4.